The maximum atomic E-state index is 12.4. The molecule has 4 aromatic rings. The third-order valence-corrected chi connectivity index (χ3v) is 4.16. The van der Waals surface area contributed by atoms with Crippen molar-refractivity contribution in [2.75, 3.05) is 0 Å². The Morgan fingerprint density at radius 2 is 1.56 bits per heavy atom. The number of carbonyl (C=O) groups excluding carboxylic acids is 1. The largest absolute Gasteiger partial charge is 0.467 e. The molecule has 0 aliphatic carbocycles. The SMILES string of the molecule is CC(NC(=O)c1ccc(-c2nnc(-c3ccccc3)o2)cc1)c1ccco1. The first-order valence-electron chi connectivity index (χ1n) is 8.54. The first kappa shape index (κ1) is 16.8. The molecule has 1 amide bonds. The summed E-state index contributed by atoms with van der Waals surface area (Å²) >= 11 is 0. The molecule has 0 spiro atoms. The molecule has 2 heterocycles. The van der Waals surface area contributed by atoms with Crippen LogP contribution in [0.25, 0.3) is 22.9 Å². The van der Waals surface area contributed by atoms with E-state index in [9.17, 15) is 4.79 Å². The lowest BCUT2D eigenvalue weighted by molar-refractivity contribution is 0.0935. The Kier molecular flexibility index (Phi) is 4.53. The van der Waals surface area contributed by atoms with Gasteiger partial charge in [-0.3, -0.25) is 4.79 Å². The molecular formula is C21H17N3O3. The van der Waals surface area contributed by atoms with Crippen molar-refractivity contribution < 1.29 is 13.6 Å². The molecule has 0 saturated carbocycles. The number of nitrogens with one attached hydrogen (secondary N) is 1. The highest BCUT2D eigenvalue weighted by Crippen LogP contribution is 2.24. The van der Waals surface area contributed by atoms with Crippen molar-refractivity contribution in [2.45, 2.75) is 13.0 Å². The first-order valence-corrected chi connectivity index (χ1v) is 8.54. The molecule has 1 N–H and O–H groups in total. The molecule has 2 aromatic heterocycles. The topological polar surface area (TPSA) is 81.2 Å². The minimum atomic E-state index is -0.212. The second kappa shape index (κ2) is 7.29. The minimum absolute atomic E-state index is 0.180. The van der Waals surface area contributed by atoms with Gasteiger partial charge >= 0.3 is 0 Å². The number of rotatable bonds is 5. The van der Waals surface area contributed by atoms with Gasteiger partial charge < -0.3 is 14.2 Å². The van der Waals surface area contributed by atoms with E-state index in [0.29, 0.717) is 23.1 Å². The van der Waals surface area contributed by atoms with Crippen molar-refractivity contribution in [1.82, 2.24) is 15.5 Å². The quantitative estimate of drug-likeness (QED) is 0.568. The van der Waals surface area contributed by atoms with Gasteiger partial charge in [-0.25, -0.2) is 0 Å². The van der Waals surface area contributed by atoms with Gasteiger partial charge in [0.2, 0.25) is 11.8 Å². The van der Waals surface area contributed by atoms with Crippen LogP contribution in [-0.4, -0.2) is 16.1 Å². The molecule has 134 valence electrons. The van der Waals surface area contributed by atoms with Crippen molar-refractivity contribution in [3.63, 3.8) is 0 Å². The van der Waals surface area contributed by atoms with Crippen LogP contribution in [0.15, 0.2) is 81.8 Å². The summed E-state index contributed by atoms with van der Waals surface area (Å²) in [7, 11) is 0. The molecule has 1 unspecified atom stereocenters. The Hall–Kier alpha value is -3.67. The lowest BCUT2D eigenvalue weighted by atomic mass is 10.1. The molecule has 0 fully saturated rings. The minimum Gasteiger partial charge on any atom is -0.467 e. The first-order chi connectivity index (χ1) is 13.2. The van der Waals surface area contributed by atoms with E-state index in [1.54, 1.807) is 36.6 Å². The summed E-state index contributed by atoms with van der Waals surface area (Å²) in [6, 6.07) is 20.0. The fourth-order valence-corrected chi connectivity index (χ4v) is 2.69. The van der Waals surface area contributed by atoms with E-state index in [2.05, 4.69) is 15.5 Å². The summed E-state index contributed by atoms with van der Waals surface area (Å²) in [5.74, 6) is 1.39. The number of nitrogens with zero attached hydrogens (tertiary/aromatic N) is 2. The highest BCUT2D eigenvalue weighted by atomic mass is 16.4. The lowest BCUT2D eigenvalue weighted by Gasteiger charge is -2.11. The monoisotopic (exact) mass is 359 g/mol. The van der Waals surface area contributed by atoms with Crippen LogP contribution >= 0.6 is 0 Å². The molecule has 2 aromatic carbocycles. The van der Waals surface area contributed by atoms with E-state index in [1.165, 1.54) is 0 Å². The van der Waals surface area contributed by atoms with Gasteiger partial charge in [0.25, 0.3) is 5.91 Å². The number of hydrogen-bond acceptors (Lipinski definition) is 5. The molecule has 6 heteroatoms. The zero-order chi connectivity index (χ0) is 18.6. The van der Waals surface area contributed by atoms with Crippen molar-refractivity contribution in [1.29, 1.82) is 0 Å². The second-order valence-electron chi connectivity index (χ2n) is 6.07. The standard InChI is InChI=1S/C21H17N3O3/c1-14(18-8-5-13-26-18)22-19(25)15-9-11-17(12-10-15)21-24-23-20(27-21)16-6-3-2-4-7-16/h2-14H,1H3,(H,22,25). The average Bonchev–Trinajstić information content (AvgIpc) is 3.41. The number of furan rings is 1. The van der Waals surface area contributed by atoms with Gasteiger partial charge in [-0.1, -0.05) is 18.2 Å². The van der Waals surface area contributed by atoms with E-state index < -0.39 is 0 Å². The Balaban J connectivity index is 1.48. The predicted octanol–water partition coefficient (Wildman–Crippen LogP) is 4.49. The van der Waals surface area contributed by atoms with Gasteiger partial charge in [-0.15, -0.1) is 10.2 Å². The smallest absolute Gasteiger partial charge is 0.251 e. The van der Waals surface area contributed by atoms with Gasteiger partial charge in [0, 0.05) is 16.7 Å². The van der Waals surface area contributed by atoms with Crippen LogP contribution in [-0.2, 0) is 0 Å². The summed E-state index contributed by atoms with van der Waals surface area (Å²) in [6.07, 6.45) is 1.58. The third-order valence-electron chi connectivity index (χ3n) is 4.16. The van der Waals surface area contributed by atoms with E-state index in [4.69, 9.17) is 8.83 Å². The zero-order valence-corrected chi connectivity index (χ0v) is 14.6. The second-order valence-corrected chi connectivity index (χ2v) is 6.07. The van der Waals surface area contributed by atoms with Crippen LogP contribution in [0.2, 0.25) is 0 Å². The normalized spacial score (nSPS) is 11.9. The van der Waals surface area contributed by atoms with Crippen LogP contribution in [0, 0.1) is 0 Å². The van der Waals surface area contributed by atoms with Gasteiger partial charge in [0.05, 0.1) is 12.3 Å². The lowest BCUT2D eigenvalue weighted by Crippen LogP contribution is -2.26. The Bertz CT molecular complexity index is 1020. The third kappa shape index (κ3) is 3.64. The van der Waals surface area contributed by atoms with Crippen molar-refractivity contribution in [2.24, 2.45) is 0 Å². The highest BCUT2D eigenvalue weighted by Gasteiger charge is 2.15. The average molecular weight is 359 g/mol. The van der Waals surface area contributed by atoms with Crippen LogP contribution in [0.1, 0.15) is 29.1 Å². The molecule has 6 nitrogen and oxygen atoms in total. The van der Waals surface area contributed by atoms with Crippen molar-refractivity contribution in [3.05, 3.63) is 84.3 Å². The van der Waals surface area contributed by atoms with Gasteiger partial charge in [0.15, 0.2) is 0 Å². The molecule has 0 radical (unpaired) electrons. The molecule has 0 aliphatic rings. The summed E-state index contributed by atoms with van der Waals surface area (Å²) in [5, 5.41) is 11.1. The number of hydrogen-bond donors (Lipinski definition) is 1. The van der Waals surface area contributed by atoms with E-state index in [1.807, 2.05) is 43.3 Å². The molecule has 4 rings (SSSR count). The fourth-order valence-electron chi connectivity index (χ4n) is 2.69. The summed E-state index contributed by atoms with van der Waals surface area (Å²) < 4.78 is 11.0. The fraction of sp³-hybridized carbons (Fsp3) is 0.0952. The van der Waals surface area contributed by atoms with Crippen molar-refractivity contribution >= 4 is 5.91 Å². The van der Waals surface area contributed by atoms with Crippen LogP contribution in [0.3, 0.4) is 0 Å². The van der Waals surface area contributed by atoms with Crippen LogP contribution in [0.5, 0.6) is 0 Å². The van der Waals surface area contributed by atoms with Crippen LogP contribution < -0.4 is 5.32 Å². The zero-order valence-electron chi connectivity index (χ0n) is 14.6. The summed E-state index contributed by atoms with van der Waals surface area (Å²) in [6.45, 7) is 1.87. The highest BCUT2D eigenvalue weighted by molar-refractivity contribution is 5.94. The number of aromatic nitrogens is 2. The maximum absolute atomic E-state index is 12.4. The Labute approximate surface area is 155 Å². The van der Waals surface area contributed by atoms with E-state index in [-0.39, 0.29) is 11.9 Å². The Morgan fingerprint density at radius 3 is 2.19 bits per heavy atom. The van der Waals surface area contributed by atoms with Gasteiger partial charge in [0.1, 0.15) is 5.76 Å². The summed E-state index contributed by atoms with van der Waals surface area (Å²) in [4.78, 5) is 12.4. The van der Waals surface area contributed by atoms with Gasteiger partial charge in [-0.2, -0.15) is 0 Å². The summed E-state index contributed by atoms with van der Waals surface area (Å²) in [5.41, 5.74) is 2.15. The molecule has 0 bridgehead atoms. The number of amides is 1. The molecule has 1 atom stereocenters. The Morgan fingerprint density at radius 1 is 0.889 bits per heavy atom. The molecule has 0 saturated heterocycles. The van der Waals surface area contributed by atoms with Crippen LogP contribution in [0.4, 0.5) is 0 Å². The number of benzene rings is 2. The van der Waals surface area contributed by atoms with E-state index >= 15 is 0 Å². The molecule has 27 heavy (non-hydrogen) atoms. The van der Waals surface area contributed by atoms with Gasteiger partial charge in [-0.05, 0) is 55.5 Å². The molecule has 0 aliphatic heterocycles. The molecular weight excluding hydrogens is 342 g/mol. The van der Waals surface area contributed by atoms with Crippen molar-refractivity contribution in [3.8, 4) is 22.9 Å². The maximum Gasteiger partial charge on any atom is 0.251 e. The number of carbonyl (C=O) groups is 1. The van der Waals surface area contributed by atoms with E-state index in [0.717, 1.165) is 11.1 Å². The predicted molar refractivity (Wildman–Crippen MR) is 99.8 cm³/mol.